The minimum absolute atomic E-state index is 0.0158. The smallest absolute Gasteiger partial charge is 0.354 e. The van der Waals surface area contributed by atoms with Crippen LogP contribution in [-0.2, 0) is 19.1 Å². The van der Waals surface area contributed by atoms with Gasteiger partial charge in [-0.25, -0.2) is 9.18 Å². The van der Waals surface area contributed by atoms with Crippen molar-refractivity contribution in [1.29, 1.82) is 0 Å². The first-order valence-corrected chi connectivity index (χ1v) is 15.1. The lowest BCUT2D eigenvalue weighted by molar-refractivity contribution is -0.141. The number of nitrogens with two attached hydrogens (primary N) is 1. The molecular weight excluding hydrogens is 551 g/mol. The first-order chi connectivity index (χ1) is 20.8. The predicted octanol–water partition coefficient (Wildman–Crippen LogP) is 4.79. The van der Waals surface area contributed by atoms with Crippen LogP contribution in [0.3, 0.4) is 0 Å². The van der Waals surface area contributed by atoms with Gasteiger partial charge in [0.1, 0.15) is 25.0 Å². The number of carbonyl (C=O) groups is 3. The Bertz CT molecular complexity index is 1420. The molecule has 4 atom stereocenters. The van der Waals surface area contributed by atoms with Crippen LogP contribution in [0.25, 0.3) is 10.9 Å². The SMILES string of the molecule is CO[C@@H](C)COC(=O)c1cc2cc(NC(=O)[C@@H]3[C@@H](c4ccccc4)CCN3C(=O)C3CCC([C@H](N)CF)CC3)ccc2[nH]1. The number of hydrogen-bond donors (Lipinski definition) is 3. The molecule has 0 radical (unpaired) electrons. The number of anilines is 1. The monoisotopic (exact) mass is 592 g/mol. The minimum Gasteiger partial charge on any atom is -0.458 e. The first-order valence-electron chi connectivity index (χ1n) is 15.1. The van der Waals surface area contributed by atoms with Gasteiger partial charge in [0.2, 0.25) is 11.8 Å². The number of benzene rings is 2. The van der Waals surface area contributed by atoms with E-state index in [1.807, 2.05) is 37.3 Å². The summed E-state index contributed by atoms with van der Waals surface area (Å²) >= 11 is 0. The van der Waals surface area contributed by atoms with E-state index in [2.05, 4.69) is 10.3 Å². The number of aromatic nitrogens is 1. The van der Waals surface area contributed by atoms with Crippen LogP contribution in [0.2, 0.25) is 0 Å². The summed E-state index contributed by atoms with van der Waals surface area (Å²) in [4.78, 5) is 45.1. The highest BCUT2D eigenvalue weighted by molar-refractivity contribution is 6.01. The van der Waals surface area contributed by atoms with Gasteiger partial charge in [-0.2, -0.15) is 0 Å². The normalized spacial score (nSPS) is 23.6. The van der Waals surface area contributed by atoms with Crippen LogP contribution < -0.4 is 11.1 Å². The molecule has 1 aromatic heterocycles. The molecule has 2 aliphatic rings. The molecule has 1 saturated heterocycles. The lowest BCUT2D eigenvalue weighted by atomic mass is 9.78. The maximum atomic E-state index is 13.9. The van der Waals surface area contributed by atoms with Crippen molar-refractivity contribution >= 4 is 34.4 Å². The Labute approximate surface area is 251 Å². The second-order valence-corrected chi connectivity index (χ2v) is 11.8. The van der Waals surface area contributed by atoms with Gasteiger partial charge in [0, 0.05) is 48.1 Å². The van der Waals surface area contributed by atoms with E-state index in [0.717, 1.165) is 16.5 Å². The van der Waals surface area contributed by atoms with Crippen LogP contribution in [0.4, 0.5) is 10.1 Å². The summed E-state index contributed by atoms with van der Waals surface area (Å²) in [5.74, 6) is -1.02. The summed E-state index contributed by atoms with van der Waals surface area (Å²) in [6.07, 6.45) is 3.19. The molecule has 43 heavy (non-hydrogen) atoms. The number of amides is 2. The lowest BCUT2D eigenvalue weighted by Crippen LogP contribution is -2.48. The summed E-state index contributed by atoms with van der Waals surface area (Å²) in [6.45, 7) is 1.89. The number of hydrogen-bond acceptors (Lipinski definition) is 6. The Balaban J connectivity index is 1.32. The summed E-state index contributed by atoms with van der Waals surface area (Å²) in [6, 6.07) is 15.7. The van der Waals surface area contributed by atoms with Crippen LogP contribution in [0.5, 0.6) is 0 Å². The standard InChI is InChI=1S/C33H41FN4O5/c1-20(42-2)19-43-33(41)29-17-24-16-25(12-13-28(24)37-29)36-31(39)30-26(21-6-4-3-5-7-21)14-15-38(30)32(40)23-10-8-22(9-11-23)27(35)18-34/h3-7,12-13,16-17,20,22-23,26-27,30,37H,8-11,14-15,18-19,35H2,1-2H3,(H,36,39)/t20-,22?,23?,26+,27+,30-/m0/s1. The van der Waals surface area contributed by atoms with E-state index < -0.39 is 24.7 Å². The zero-order valence-electron chi connectivity index (χ0n) is 24.8. The highest BCUT2D eigenvalue weighted by atomic mass is 19.1. The van der Waals surface area contributed by atoms with E-state index >= 15 is 0 Å². The zero-order chi connectivity index (χ0) is 30.5. The van der Waals surface area contributed by atoms with Crippen molar-refractivity contribution in [3.05, 3.63) is 65.9 Å². The van der Waals surface area contributed by atoms with Gasteiger partial charge in [0.25, 0.3) is 0 Å². The van der Waals surface area contributed by atoms with Crippen LogP contribution in [0.15, 0.2) is 54.6 Å². The molecule has 3 aromatic rings. The molecule has 2 heterocycles. The third kappa shape index (κ3) is 6.91. The summed E-state index contributed by atoms with van der Waals surface area (Å²) in [7, 11) is 1.55. The van der Waals surface area contributed by atoms with Gasteiger partial charge < -0.3 is 30.4 Å². The number of methoxy groups -OCH3 is 1. The number of nitrogens with zero attached hydrogens (tertiary/aromatic N) is 1. The summed E-state index contributed by atoms with van der Waals surface area (Å²) < 4.78 is 23.6. The molecule has 230 valence electrons. The van der Waals surface area contributed by atoms with Crippen LogP contribution in [-0.4, -0.2) is 72.8 Å². The topological polar surface area (TPSA) is 127 Å². The fraction of sp³-hybridized carbons (Fsp3) is 0.485. The molecule has 1 aliphatic heterocycles. The maximum Gasteiger partial charge on any atom is 0.354 e. The number of aromatic amines is 1. The average Bonchev–Trinajstić information content (AvgIpc) is 3.68. The van der Waals surface area contributed by atoms with Crippen LogP contribution in [0, 0.1) is 11.8 Å². The molecule has 0 bridgehead atoms. The van der Waals surface area contributed by atoms with E-state index in [1.54, 1.807) is 36.3 Å². The second kappa shape index (κ2) is 13.7. The number of nitrogens with one attached hydrogen (secondary N) is 2. The van der Waals surface area contributed by atoms with Crippen molar-refractivity contribution in [2.45, 2.75) is 63.1 Å². The maximum absolute atomic E-state index is 13.9. The number of likely N-dealkylation sites (tertiary alicyclic amines) is 1. The van der Waals surface area contributed by atoms with E-state index in [-0.39, 0.29) is 42.3 Å². The summed E-state index contributed by atoms with van der Waals surface area (Å²) in [5, 5.41) is 3.78. The zero-order valence-corrected chi connectivity index (χ0v) is 24.8. The predicted molar refractivity (Wildman–Crippen MR) is 162 cm³/mol. The molecule has 10 heteroatoms. The van der Waals surface area contributed by atoms with Crippen molar-refractivity contribution in [3.63, 3.8) is 0 Å². The van der Waals surface area contributed by atoms with Gasteiger partial charge >= 0.3 is 5.97 Å². The van der Waals surface area contributed by atoms with Gasteiger partial charge in [-0.1, -0.05) is 30.3 Å². The molecular formula is C33H41FN4O5. The molecule has 4 N–H and O–H groups in total. The number of esters is 1. The van der Waals surface area contributed by atoms with Crippen molar-refractivity contribution in [2.75, 3.05) is 32.3 Å². The fourth-order valence-electron chi connectivity index (χ4n) is 6.44. The number of H-pyrrole nitrogens is 1. The molecule has 2 fully saturated rings. The Hall–Kier alpha value is -3.76. The van der Waals surface area contributed by atoms with Gasteiger partial charge in [-0.15, -0.1) is 0 Å². The third-order valence-corrected chi connectivity index (χ3v) is 9.04. The van der Waals surface area contributed by atoms with Crippen molar-refractivity contribution in [1.82, 2.24) is 9.88 Å². The number of halogens is 1. The molecule has 2 aromatic carbocycles. The summed E-state index contributed by atoms with van der Waals surface area (Å²) in [5.41, 5.74) is 8.55. The average molecular weight is 593 g/mol. The number of alkyl halides is 1. The molecule has 0 spiro atoms. The quantitative estimate of drug-likeness (QED) is 0.291. The highest BCUT2D eigenvalue weighted by Gasteiger charge is 2.44. The molecule has 1 aliphatic carbocycles. The number of rotatable bonds is 10. The first kappa shape index (κ1) is 30.7. The number of ether oxygens (including phenoxy) is 2. The molecule has 5 rings (SSSR count). The molecule has 9 nitrogen and oxygen atoms in total. The largest absolute Gasteiger partial charge is 0.458 e. The van der Waals surface area contributed by atoms with E-state index in [9.17, 15) is 18.8 Å². The van der Waals surface area contributed by atoms with Crippen molar-refractivity contribution in [2.24, 2.45) is 17.6 Å². The van der Waals surface area contributed by atoms with Gasteiger partial charge in [0.05, 0.1) is 6.10 Å². The highest BCUT2D eigenvalue weighted by Crippen LogP contribution is 2.38. The van der Waals surface area contributed by atoms with Crippen LogP contribution in [0.1, 0.15) is 61.0 Å². The lowest BCUT2D eigenvalue weighted by Gasteiger charge is -2.35. The Morgan fingerprint density at radius 1 is 1.07 bits per heavy atom. The Morgan fingerprint density at radius 3 is 2.51 bits per heavy atom. The van der Waals surface area contributed by atoms with Crippen LogP contribution >= 0.6 is 0 Å². The van der Waals surface area contributed by atoms with Gasteiger partial charge in [-0.3, -0.25) is 9.59 Å². The van der Waals surface area contributed by atoms with E-state index in [4.69, 9.17) is 15.2 Å². The van der Waals surface area contributed by atoms with Crippen molar-refractivity contribution in [3.8, 4) is 0 Å². The second-order valence-electron chi connectivity index (χ2n) is 11.8. The fourth-order valence-corrected chi connectivity index (χ4v) is 6.44. The van der Waals surface area contributed by atoms with E-state index in [1.165, 1.54) is 0 Å². The van der Waals surface area contributed by atoms with Crippen molar-refractivity contribution < 1.29 is 28.2 Å². The molecule has 1 saturated carbocycles. The number of carbonyl (C=O) groups excluding carboxylic acids is 3. The van der Waals surface area contributed by atoms with E-state index in [0.29, 0.717) is 50.0 Å². The Morgan fingerprint density at radius 2 is 1.81 bits per heavy atom. The van der Waals surface area contributed by atoms with Gasteiger partial charge in [-0.05, 0) is 74.8 Å². The number of fused-ring (bicyclic) bond motifs is 1. The third-order valence-electron chi connectivity index (χ3n) is 9.04. The minimum atomic E-state index is -0.670. The molecule has 0 unspecified atom stereocenters. The molecule has 2 amide bonds. The Kier molecular flexibility index (Phi) is 9.77. The van der Waals surface area contributed by atoms with Gasteiger partial charge in [0.15, 0.2) is 0 Å².